The monoisotopic (exact) mass is 639 g/mol. The van der Waals surface area contributed by atoms with Crippen molar-refractivity contribution in [2.75, 3.05) is 0 Å². The third-order valence-electron chi connectivity index (χ3n) is 9.46. The van der Waals surface area contributed by atoms with Crippen LogP contribution < -0.4 is 0 Å². The zero-order chi connectivity index (χ0) is 33.9. The van der Waals surface area contributed by atoms with Crippen LogP contribution in [0, 0.1) is 0 Å². The van der Waals surface area contributed by atoms with Crippen molar-refractivity contribution in [2.45, 2.75) is 57.8 Å². The van der Waals surface area contributed by atoms with Crippen molar-refractivity contribution >= 4 is 17.5 Å². The second-order valence-corrected chi connectivity index (χ2v) is 12.6. The summed E-state index contributed by atoms with van der Waals surface area (Å²) in [5.41, 5.74) is 10.9. The fourth-order valence-electron chi connectivity index (χ4n) is 6.97. The Labute approximate surface area is 292 Å². The van der Waals surface area contributed by atoms with E-state index in [0.29, 0.717) is 0 Å². The van der Waals surface area contributed by atoms with Crippen LogP contribution in [0.3, 0.4) is 0 Å². The molecule has 4 aromatic carbocycles. The van der Waals surface area contributed by atoms with E-state index in [4.69, 9.17) is 15.0 Å². The third kappa shape index (κ3) is 7.68. The summed E-state index contributed by atoms with van der Waals surface area (Å²) in [6, 6.07) is 39.1. The van der Waals surface area contributed by atoms with Gasteiger partial charge >= 0.3 is 0 Å². The number of aromatic nitrogens is 2. The van der Waals surface area contributed by atoms with Crippen molar-refractivity contribution in [2.24, 2.45) is 4.99 Å². The topological polar surface area (TPSA) is 38.1 Å². The number of allylic oxidation sites excluding steroid dienone is 7. The Morgan fingerprint density at radius 3 is 2.12 bits per heavy atom. The number of para-hydroxylation sites is 1. The lowest BCUT2D eigenvalue weighted by Gasteiger charge is -2.39. The standard InChI is InChI=1S/C46H45N3/c1-4-7-16-33-47-42-22-13-12-21-41(42)35-23-27-39(28-24-35)46(31-14-9-15-32-46)40-29-25-38(26-30-40)45-48-43(36(17-5-2)18-6-3)34-44(49-45)37-19-10-8-11-20-37/h5-8,10-13,16-30,33-34H,2,4,9,14-15,31-32H2,1,3H3/b16-7-,18-6-,36-17+,47-33?. The normalized spacial score (nSPS) is 14.9. The van der Waals surface area contributed by atoms with E-state index in [1.165, 1.54) is 36.0 Å². The van der Waals surface area contributed by atoms with Gasteiger partial charge in [0.05, 0.1) is 17.1 Å². The van der Waals surface area contributed by atoms with Crippen molar-refractivity contribution < 1.29 is 0 Å². The first-order valence-corrected chi connectivity index (χ1v) is 17.6. The van der Waals surface area contributed by atoms with E-state index in [2.05, 4.69) is 117 Å². The molecule has 0 saturated heterocycles. The fraction of sp³-hybridized carbons (Fsp3) is 0.196. The van der Waals surface area contributed by atoms with E-state index in [1.807, 2.05) is 55.6 Å². The lowest BCUT2D eigenvalue weighted by atomic mass is 9.65. The average molecular weight is 640 g/mol. The molecule has 0 unspecified atom stereocenters. The van der Waals surface area contributed by atoms with Gasteiger partial charge in [0.1, 0.15) is 0 Å². The number of aliphatic imine (C=N–C) groups is 1. The van der Waals surface area contributed by atoms with E-state index in [9.17, 15) is 0 Å². The summed E-state index contributed by atoms with van der Waals surface area (Å²) < 4.78 is 0. The summed E-state index contributed by atoms with van der Waals surface area (Å²) in [5.74, 6) is 0.718. The molecule has 1 heterocycles. The summed E-state index contributed by atoms with van der Waals surface area (Å²) in [6.45, 7) is 8.08. The maximum atomic E-state index is 5.07. The molecule has 0 bridgehead atoms. The largest absolute Gasteiger partial charge is 0.256 e. The van der Waals surface area contributed by atoms with Crippen LogP contribution in [0.2, 0.25) is 0 Å². The lowest BCUT2D eigenvalue weighted by molar-refractivity contribution is 0.346. The Morgan fingerprint density at radius 2 is 1.45 bits per heavy atom. The molecular weight excluding hydrogens is 595 g/mol. The zero-order valence-electron chi connectivity index (χ0n) is 28.7. The molecule has 1 aliphatic rings. The molecule has 3 nitrogen and oxygen atoms in total. The number of hydrogen-bond acceptors (Lipinski definition) is 3. The van der Waals surface area contributed by atoms with Crippen molar-refractivity contribution in [3.63, 3.8) is 0 Å². The van der Waals surface area contributed by atoms with Crippen LogP contribution in [-0.4, -0.2) is 16.2 Å². The van der Waals surface area contributed by atoms with Gasteiger partial charge in [0, 0.05) is 28.3 Å². The van der Waals surface area contributed by atoms with Crippen LogP contribution in [0.5, 0.6) is 0 Å². The zero-order valence-corrected chi connectivity index (χ0v) is 28.7. The van der Waals surface area contributed by atoms with Gasteiger partial charge in [-0.1, -0.05) is 160 Å². The highest BCUT2D eigenvalue weighted by Crippen LogP contribution is 2.46. The predicted molar refractivity (Wildman–Crippen MR) is 209 cm³/mol. The summed E-state index contributed by atoms with van der Waals surface area (Å²) in [6.07, 6.45) is 20.9. The van der Waals surface area contributed by atoms with E-state index in [-0.39, 0.29) is 5.41 Å². The van der Waals surface area contributed by atoms with Gasteiger partial charge < -0.3 is 0 Å². The molecule has 3 heteroatoms. The first-order valence-electron chi connectivity index (χ1n) is 17.6. The maximum absolute atomic E-state index is 5.07. The molecule has 0 atom stereocenters. The number of benzene rings is 4. The van der Waals surface area contributed by atoms with Crippen LogP contribution in [0.4, 0.5) is 5.69 Å². The van der Waals surface area contributed by atoms with Crippen LogP contribution in [-0.2, 0) is 5.41 Å². The first kappa shape index (κ1) is 33.5. The number of rotatable bonds is 11. The Hall–Kier alpha value is -5.41. The highest BCUT2D eigenvalue weighted by molar-refractivity contribution is 5.82. The fourth-order valence-corrected chi connectivity index (χ4v) is 6.97. The molecular formula is C46H45N3. The molecule has 49 heavy (non-hydrogen) atoms. The molecule has 5 aromatic rings. The van der Waals surface area contributed by atoms with Crippen LogP contribution in [0.25, 0.3) is 39.3 Å². The highest BCUT2D eigenvalue weighted by Gasteiger charge is 2.35. The summed E-state index contributed by atoms with van der Waals surface area (Å²) in [7, 11) is 0. The molecule has 6 rings (SSSR count). The first-order chi connectivity index (χ1) is 24.1. The summed E-state index contributed by atoms with van der Waals surface area (Å²) in [4.78, 5) is 14.9. The van der Waals surface area contributed by atoms with Gasteiger partial charge in [0.2, 0.25) is 0 Å². The molecule has 0 radical (unpaired) electrons. The number of nitrogens with zero attached hydrogens (tertiary/aromatic N) is 3. The van der Waals surface area contributed by atoms with E-state index in [1.54, 1.807) is 0 Å². The van der Waals surface area contributed by atoms with Crippen molar-refractivity contribution in [1.82, 2.24) is 9.97 Å². The molecule has 1 aromatic heterocycles. The molecule has 0 aliphatic heterocycles. The van der Waals surface area contributed by atoms with Crippen LogP contribution >= 0.6 is 0 Å². The Balaban J connectivity index is 1.36. The summed E-state index contributed by atoms with van der Waals surface area (Å²) in [5, 5.41) is 0. The molecule has 0 N–H and O–H groups in total. The summed E-state index contributed by atoms with van der Waals surface area (Å²) >= 11 is 0. The van der Waals surface area contributed by atoms with Gasteiger partial charge in [-0.05, 0) is 66.7 Å². The average Bonchev–Trinajstić information content (AvgIpc) is 3.17. The maximum Gasteiger partial charge on any atom is 0.160 e. The molecule has 0 spiro atoms. The second kappa shape index (κ2) is 16.1. The SMILES string of the molecule is C=C/C=C(\C=C/C)c1cc(-c2ccccc2)nc(-c2ccc(C3(c4ccc(-c5ccccc5N=C/C=C\CC)cc4)CCCCC3)cc2)n1. The van der Waals surface area contributed by atoms with Crippen molar-refractivity contribution in [3.05, 3.63) is 169 Å². The smallest absolute Gasteiger partial charge is 0.160 e. The van der Waals surface area contributed by atoms with E-state index in [0.717, 1.165) is 64.4 Å². The predicted octanol–water partition coefficient (Wildman–Crippen LogP) is 12.5. The van der Waals surface area contributed by atoms with Crippen LogP contribution in [0.15, 0.2) is 157 Å². The Kier molecular flexibility index (Phi) is 11.0. The van der Waals surface area contributed by atoms with E-state index < -0.39 is 0 Å². The van der Waals surface area contributed by atoms with Crippen molar-refractivity contribution in [1.29, 1.82) is 0 Å². The van der Waals surface area contributed by atoms with E-state index >= 15 is 0 Å². The van der Waals surface area contributed by atoms with Gasteiger partial charge in [0.15, 0.2) is 5.82 Å². The quantitative estimate of drug-likeness (QED) is 0.107. The van der Waals surface area contributed by atoms with Gasteiger partial charge in [0.25, 0.3) is 0 Å². The second-order valence-electron chi connectivity index (χ2n) is 12.6. The highest BCUT2D eigenvalue weighted by atomic mass is 14.9. The van der Waals surface area contributed by atoms with Crippen LogP contribution in [0.1, 0.15) is 69.2 Å². The minimum atomic E-state index is -0.0262. The molecule has 0 amide bonds. The van der Waals surface area contributed by atoms with Crippen molar-refractivity contribution in [3.8, 4) is 33.8 Å². The van der Waals surface area contributed by atoms with Gasteiger partial charge in [-0.15, -0.1) is 0 Å². The molecule has 244 valence electrons. The Morgan fingerprint density at radius 1 is 0.776 bits per heavy atom. The molecule has 1 saturated carbocycles. The molecule has 1 aliphatic carbocycles. The number of hydrogen-bond donors (Lipinski definition) is 0. The van der Waals surface area contributed by atoms with Gasteiger partial charge in [-0.2, -0.15) is 0 Å². The molecule has 1 fully saturated rings. The third-order valence-corrected chi connectivity index (χ3v) is 9.46. The van der Waals surface area contributed by atoms with Gasteiger partial charge in [-0.3, -0.25) is 4.99 Å². The minimum Gasteiger partial charge on any atom is -0.256 e. The van der Waals surface area contributed by atoms with Gasteiger partial charge in [-0.25, -0.2) is 9.97 Å². The lowest BCUT2D eigenvalue weighted by Crippen LogP contribution is -2.30. The minimum absolute atomic E-state index is 0.0262. The Bertz CT molecular complexity index is 1970.